The highest BCUT2D eigenvalue weighted by Gasteiger charge is 2.16. The van der Waals surface area contributed by atoms with Gasteiger partial charge in [0.2, 0.25) is 0 Å². The molecule has 100 valence electrons. The van der Waals surface area contributed by atoms with Crippen molar-refractivity contribution in [3.63, 3.8) is 0 Å². The van der Waals surface area contributed by atoms with E-state index in [1.54, 1.807) is 6.07 Å². The summed E-state index contributed by atoms with van der Waals surface area (Å²) in [7, 11) is 0. The van der Waals surface area contributed by atoms with Crippen LogP contribution < -0.4 is 0 Å². The van der Waals surface area contributed by atoms with Gasteiger partial charge in [0.15, 0.2) is 0 Å². The number of hydrogen-bond acceptors (Lipinski definition) is 0. The molecule has 2 aromatic carbocycles. The van der Waals surface area contributed by atoms with Crippen molar-refractivity contribution in [3.05, 3.63) is 69.4 Å². The molecule has 0 spiro atoms. The van der Waals surface area contributed by atoms with Crippen LogP contribution in [0.25, 0.3) is 0 Å². The highest BCUT2D eigenvalue weighted by atomic mass is 79.9. The third-order valence-corrected chi connectivity index (χ3v) is 3.96. The second-order valence-corrected chi connectivity index (χ2v) is 5.37. The van der Waals surface area contributed by atoms with Crippen molar-refractivity contribution in [2.45, 2.75) is 11.8 Å². The van der Waals surface area contributed by atoms with Gasteiger partial charge in [0.1, 0.15) is 17.5 Å². The van der Waals surface area contributed by atoms with E-state index in [0.29, 0.717) is 5.56 Å². The summed E-state index contributed by atoms with van der Waals surface area (Å²) in [6, 6.07) is 7.81. The summed E-state index contributed by atoms with van der Waals surface area (Å²) in [6.45, 7) is 0. The third-order valence-electron chi connectivity index (χ3n) is 2.73. The summed E-state index contributed by atoms with van der Waals surface area (Å²) in [4.78, 5) is 0. The van der Waals surface area contributed by atoms with Crippen molar-refractivity contribution in [1.82, 2.24) is 0 Å². The average molecular weight is 350 g/mol. The van der Waals surface area contributed by atoms with Gasteiger partial charge in [0.05, 0.1) is 9.85 Å². The molecule has 0 nitrogen and oxygen atoms in total. The molecular formula is C14H9BrClF3. The lowest BCUT2D eigenvalue weighted by Crippen LogP contribution is -2.01. The van der Waals surface area contributed by atoms with Crippen LogP contribution in [-0.2, 0) is 6.42 Å². The largest absolute Gasteiger partial charge is 0.207 e. The molecule has 1 atom stereocenters. The molecule has 0 aliphatic heterocycles. The number of hydrogen-bond donors (Lipinski definition) is 0. The molecule has 2 aromatic rings. The Bertz CT molecular complexity index is 601. The first-order chi connectivity index (χ1) is 8.99. The van der Waals surface area contributed by atoms with E-state index >= 15 is 0 Å². The van der Waals surface area contributed by atoms with E-state index in [0.717, 1.165) is 6.07 Å². The van der Waals surface area contributed by atoms with Crippen LogP contribution in [0.1, 0.15) is 16.5 Å². The lowest BCUT2D eigenvalue weighted by molar-refractivity contribution is 0.570. The maximum Gasteiger partial charge on any atom is 0.137 e. The Morgan fingerprint density at radius 2 is 1.79 bits per heavy atom. The summed E-state index contributed by atoms with van der Waals surface area (Å²) in [5.41, 5.74) is 0.822. The molecular weight excluding hydrogens is 341 g/mol. The zero-order valence-electron chi connectivity index (χ0n) is 9.64. The van der Waals surface area contributed by atoms with Crippen molar-refractivity contribution in [1.29, 1.82) is 0 Å². The van der Waals surface area contributed by atoms with Gasteiger partial charge in [-0.1, -0.05) is 18.2 Å². The van der Waals surface area contributed by atoms with Gasteiger partial charge in [0, 0.05) is 6.07 Å². The topological polar surface area (TPSA) is 0 Å². The van der Waals surface area contributed by atoms with Gasteiger partial charge in [-0.2, -0.15) is 0 Å². The predicted octanol–water partition coefficient (Wildman–Crippen LogP) is 5.39. The van der Waals surface area contributed by atoms with Crippen molar-refractivity contribution in [3.8, 4) is 0 Å². The molecule has 19 heavy (non-hydrogen) atoms. The number of halogens is 5. The van der Waals surface area contributed by atoms with Crippen LogP contribution in [0.5, 0.6) is 0 Å². The van der Waals surface area contributed by atoms with E-state index < -0.39 is 22.8 Å². The molecule has 1 unspecified atom stereocenters. The van der Waals surface area contributed by atoms with Crippen LogP contribution in [0.4, 0.5) is 13.2 Å². The van der Waals surface area contributed by atoms with Crippen LogP contribution in [-0.4, -0.2) is 0 Å². The molecule has 0 aromatic heterocycles. The third kappa shape index (κ3) is 3.31. The SMILES string of the molecule is Fc1ccc(CC(Cl)c2cccc(F)c2Br)c(F)c1. The Balaban J connectivity index is 2.25. The summed E-state index contributed by atoms with van der Waals surface area (Å²) >= 11 is 9.28. The maximum atomic E-state index is 13.5. The lowest BCUT2D eigenvalue weighted by atomic mass is 10.0. The van der Waals surface area contributed by atoms with E-state index in [9.17, 15) is 13.2 Å². The summed E-state index contributed by atoms with van der Waals surface area (Å²) in [6.07, 6.45) is 0.149. The summed E-state index contributed by atoms with van der Waals surface area (Å²) in [5, 5.41) is -0.606. The Morgan fingerprint density at radius 3 is 2.47 bits per heavy atom. The molecule has 0 saturated heterocycles. The standard InChI is InChI=1S/C14H9BrClF3/c15-14-10(2-1-3-12(14)18)11(16)6-8-4-5-9(17)7-13(8)19/h1-5,7,11H,6H2. The fourth-order valence-electron chi connectivity index (χ4n) is 1.75. The van der Waals surface area contributed by atoms with Gasteiger partial charge in [-0.3, -0.25) is 0 Å². The first-order valence-corrected chi connectivity index (χ1v) is 6.74. The zero-order valence-corrected chi connectivity index (χ0v) is 12.0. The minimum absolute atomic E-state index is 0.149. The average Bonchev–Trinajstić information content (AvgIpc) is 2.36. The molecule has 5 heteroatoms. The Morgan fingerprint density at radius 1 is 1.05 bits per heavy atom. The Hall–Kier alpha value is -1.000. The van der Waals surface area contributed by atoms with Crippen molar-refractivity contribution in [2.75, 3.05) is 0 Å². The quantitative estimate of drug-likeness (QED) is 0.652. The molecule has 0 N–H and O–H groups in total. The van der Waals surface area contributed by atoms with Gasteiger partial charge in [-0.15, -0.1) is 11.6 Å². The van der Waals surface area contributed by atoms with Gasteiger partial charge < -0.3 is 0 Å². The number of benzene rings is 2. The van der Waals surface area contributed by atoms with E-state index in [1.165, 1.54) is 24.3 Å². The van der Waals surface area contributed by atoms with Crippen LogP contribution in [0.15, 0.2) is 40.9 Å². The van der Waals surface area contributed by atoms with Gasteiger partial charge in [-0.05, 0) is 45.6 Å². The van der Waals surface area contributed by atoms with Gasteiger partial charge in [0.25, 0.3) is 0 Å². The molecule has 0 fully saturated rings. The molecule has 2 rings (SSSR count). The van der Waals surface area contributed by atoms with E-state index in [2.05, 4.69) is 15.9 Å². The fraction of sp³-hybridized carbons (Fsp3) is 0.143. The first kappa shape index (κ1) is 14.4. The Labute approximate surface area is 122 Å². The molecule has 0 bridgehead atoms. The molecule has 0 saturated carbocycles. The lowest BCUT2D eigenvalue weighted by Gasteiger charge is -2.13. The van der Waals surface area contributed by atoms with E-state index in [4.69, 9.17) is 11.6 Å². The van der Waals surface area contributed by atoms with Crippen molar-refractivity contribution in [2.24, 2.45) is 0 Å². The van der Waals surface area contributed by atoms with Crippen molar-refractivity contribution < 1.29 is 13.2 Å². The highest BCUT2D eigenvalue weighted by Crippen LogP contribution is 2.33. The number of rotatable bonds is 3. The monoisotopic (exact) mass is 348 g/mol. The Kier molecular flexibility index (Phi) is 4.53. The smallest absolute Gasteiger partial charge is 0.137 e. The first-order valence-electron chi connectivity index (χ1n) is 5.51. The normalized spacial score (nSPS) is 12.5. The summed E-state index contributed by atoms with van der Waals surface area (Å²) in [5.74, 6) is -1.72. The molecule has 0 amide bonds. The highest BCUT2D eigenvalue weighted by molar-refractivity contribution is 9.10. The van der Waals surface area contributed by atoms with Crippen LogP contribution in [0.2, 0.25) is 0 Å². The minimum atomic E-state index is -0.654. The van der Waals surface area contributed by atoms with Gasteiger partial charge >= 0.3 is 0 Å². The molecule has 0 aliphatic carbocycles. The minimum Gasteiger partial charge on any atom is -0.207 e. The molecule has 0 aliphatic rings. The second kappa shape index (κ2) is 5.97. The van der Waals surface area contributed by atoms with Crippen LogP contribution in [0, 0.1) is 17.5 Å². The molecule has 0 heterocycles. The fourth-order valence-corrected chi connectivity index (χ4v) is 2.77. The maximum absolute atomic E-state index is 13.5. The predicted molar refractivity (Wildman–Crippen MR) is 72.8 cm³/mol. The zero-order chi connectivity index (χ0) is 14.0. The second-order valence-electron chi connectivity index (χ2n) is 4.05. The molecule has 0 radical (unpaired) electrons. The van der Waals surface area contributed by atoms with Crippen LogP contribution in [0.3, 0.4) is 0 Å². The van der Waals surface area contributed by atoms with Crippen molar-refractivity contribution >= 4 is 27.5 Å². The van der Waals surface area contributed by atoms with Gasteiger partial charge in [-0.25, -0.2) is 13.2 Å². The van der Waals surface area contributed by atoms with Crippen LogP contribution >= 0.6 is 27.5 Å². The van der Waals surface area contributed by atoms with E-state index in [1.807, 2.05) is 0 Å². The van der Waals surface area contributed by atoms with E-state index in [-0.39, 0.29) is 16.5 Å². The summed E-state index contributed by atoms with van der Waals surface area (Å²) < 4.78 is 40.0. The number of alkyl halides is 1.